The van der Waals surface area contributed by atoms with Gasteiger partial charge in [-0.1, -0.05) is 12.1 Å². The minimum atomic E-state index is -0.649. The molecule has 0 spiro atoms. The highest BCUT2D eigenvalue weighted by Crippen LogP contribution is 2.32. The summed E-state index contributed by atoms with van der Waals surface area (Å²) in [5.74, 6) is 0.145. The van der Waals surface area contributed by atoms with E-state index >= 15 is 0 Å². The van der Waals surface area contributed by atoms with Gasteiger partial charge in [0.1, 0.15) is 11.8 Å². The number of methoxy groups -OCH3 is 1. The average Bonchev–Trinajstić information content (AvgIpc) is 2.47. The summed E-state index contributed by atoms with van der Waals surface area (Å²) < 4.78 is 10.3. The number of anilines is 1. The summed E-state index contributed by atoms with van der Waals surface area (Å²) in [6.07, 6.45) is 3.17. The maximum atomic E-state index is 12.0. The van der Waals surface area contributed by atoms with Crippen LogP contribution in [0.3, 0.4) is 0 Å². The Morgan fingerprint density at radius 3 is 2.85 bits per heavy atom. The highest BCUT2D eigenvalue weighted by atomic mass is 16.5. The largest absolute Gasteiger partial charge is 0.495 e. The van der Waals surface area contributed by atoms with Gasteiger partial charge in [0.25, 0.3) is 0 Å². The third-order valence-electron chi connectivity index (χ3n) is 3.07. The number of rotatable bonds is 4. The van der Waals surface area contributed by atoms with Gasteiger partial charge < -0.3 is 14.4 Å². The van der Waals surface area contributed by atoms with Gasteiger partial charge in [-0.25, -0.2) is 4.79 Å². The SMILES string of the molecule is CCOC(=O)C1CC(=O)C=CN1c1ccccc1OC. The summed E-state index contributed by atoms with van der Waals surface area (Å²) in [6.45, 7) is 2.03. The number of ketones is 1. The molecule has 0 aliphatic carbocycles. The second-order valence-electron chi connectivity index (χ2n) is 4.33. The Kier molecular flexibility index (Phi) is 4.40. The van der Waals surface area contributed by atoms with Gasteiger partial charge >= 0.3 is 5.97 Å². The molecule has 0 aromatic heterocycles. The Hall–Kier alpha value is -2.30. The molecule has 1 aromatic carbocycles. The van der Waals surface area contributed by atoms with Crippen molar-refractivity contribution in [3.63, 3.8) is 0 Å². The predicted octanol–water partition coefficient (Wildman–Crippen LogP) is 1.92. The van der Waals surface area contributed by atoms with Crippen LogP contribution in [0.2, 0.25) is 0 Å². The molecule has 5 heteroatoms. The molecule has 5 nitrogen and oxygen atoms in total. The topological polar surface area (TPSA) is 55.8 Å². The van der Waals surface area contributed by atoms with Crippen LogP contribution in [0.25, 0.3) is 0 Å². The van der Waals surface area contributed by atoms with Crippen molar-refractivity contribution in [2.45, 2.75) is 19.4 Å². The number of hydrogen-bond acceptors (Lipinski definition) is 5. The van der Waals surface area contributed by atoms with Gasteiger partial charge in [-0.2, -0.15) is 0 Å². The fraction of sp³-hybridized carbons (Fsp3) is 0.333. The van der Waals surface area contributed by atoms with E-state index in [4.69, 9.17) is 9.47 Å². The summed E-state index contributed by atoms with van der Waals surface area (Å²) >= 11 is 0. The Labute approximate surface area is 117 Å². The van der Waals surface area contributed by atoms with E-state index in [1.807, 2.05) is 24.3 Å². The molecule has 1 aromatic rings. The van der Waals surface area contributed by atoms with Crippen molar-refractivity contribution >= 4 is 17.4 Å². The third kappa shape index (κ3) is 2.82. The molecule has 1 aliphatic rings. The molecule has 0 bridgehead atoms. The van der Waals surface area contributed by atoms with E-state index in [1.54, 1.807) is 25.1 Å². The van der Waals surface area contributed by atoms with Crippen LogP contribution >= 0.6 is 0 Å². The van der Waals surface area contributed by atoms with Crippen LogP contribution in [-0.4, -0.2) is 31.5 Å². The van der Waals surface area contributed by atoms with E-state index in [0.717, 1.165) is 5.69 Å². The molecule has 2 rings (SSSR count). The van der Waals surface area contributed by atoms with Crippen LogP contribution in [0.5, 0.6) is 5.75 Å². The lowest BCUT2D eigenvalue weighted by Crippen LogP contribution is -2.43. The number of carbonyl (C=O) groups is 2. The molecule has 1 unspecified atom stereocenters. The molecule has 20 heavy (non-hydrogen) atoms. The summed E-state index contributed by atoms with van der Waals surface area (Å²) in [5.41, 5.74) is 0.733. The van der Waals surface area contributed by atoms with Crippen LogP contribution in [0.1, 0.15) is 13.3 Å². The van der Waals surface area contributed by atoms with Crippen molar-refractivity contribution in [1.82, 2.24) is 0 Å². The number of hydrogen-bond donors (Lipinski definition) is 0. The van der Waals surface area contributed by atoms with Gasteiger partial charge in [-0.15, -0.1) is 0 Å². The van der Waals surface area contributed by atoms with Crippen molar-refractivity contribution in [2.75, 3.05) is 18.6 Å². The van der Waals surface area contributed by atoms with Crippen molar-refractivity contribution in [2.24, 2.45) is 0 Å². The molecule has 1 atom stereocenters. The Morgan fingerprint density at radius 1 is 1.40 bits per heavy atom. The number of para-hydroxylation sites is 2. The smallest absolute Gasteiger partial charge is 0.329 e. The molecule has 0 N–H and O–H groups in total. The molecule has 0 saturated carbocycles. The molecule has 106 valence electrons. The molecule has 0 radical (unpaired) electrons. The molecule has 1 aliphatic heterocycles. The van der Waals surface area contributed by atoms with Crippen LogP contribution in [0, 0.1) is 0 Å². The lowest BCUT2D eigenvalue weighted by molar-refractivity contribution is -0.145. The zero-order valence-corrected chi connectivity index (χ0v) is 11.5. The van der Waals surface area contributed by atoms with E-state index in [0.29, 0.717) is 5.75 Å². The zero-order chi connectivity index (χ0) is 14.5. The van der Waals surface area contributed by atoms with Crippen molar-refractivity contribution in [1.29, 1.82) is 0 Å². The number of ether oxygens (including phenoxy) is 2. The van der Waals surface area contributed by atoms with E-state index in [2.05, 4.69) is 0 Å². The lowest BCUT2D eigenvalue weighted by Gasteiger charge is -2.31. The highest BCUT2D eigenvalue weighted by molar-refractivity contribution is 5.98. The van der Waals surface area contributed by atoms with E-state index < -0.39 is 12.0 Å². The number of allylic oxidation sites excluding steroid dienone is 1. The number of nitrogens with zero attached hydrogens (tertiary/aromatic N) is 1. The standard InChI is InChI=1S/C15H17NO4/c1-3-20-15(18)13-10-11(17)8-9-16(13)12-6-4-5-7-14(12)19-2/h4-9,13H,3,10H2,1-2H3. The first-order chi connectivity index (χ1) is 9.67. The first kappa shape index (κ1) is 14.1. The van der Waals surface area contributed by atoms with E-state index in [9.17, 15) is 9.59 Å². The molecule has 0 amide bonds. The van der Waals surface area contributed by atoms with Gasteiger partial charge in [0.05, 0.1) is 19.4 Å². The number of esters is 1. The number of benzene rings is 1. The number of carbonyl (C=O) groups excluding carboxylic acids is 2. The van der Waals surface area contributed by atoms with Crippen LogP contribution in [0.15, 0.2) is 36.5 Å². The summed E-state index contributed by atoms with van der Waals surface area (Å²) in [7, 11) is 1.57. The summed E-state index contributed by atoms with van der Waals surface area (Å²) in [4.78, 5) is 25.3. The predicted molar refractivity (Wildman–Crippen MR) is 74.7 cm³/mol. The second kappa shape index (κ2) is 6.23. The quantitative estimate of drug-likeness (QED) is 0.786. The van der Waals surface area contributed by atoms with E-state index in [-0.39, 0.29) is 18.8 Å². The monoisotopic (exact) mass is 275 g/mol. The van der Waals surface area contributed by atoms with Crippen molar-refractivity contribution in [3.8, 4) is 5.75 Å². The molecule has 0 fully saturated rings. The first-order valence-corrected chi connectivity index (χ1v) is 6.46. The Bertz CT molecular complexity index is 538. The second-order valence-corrected chi connectivity index (χ2v) is 4.33. The van der Waals surface area contributed by atoms with Crippen LogP contribution in [0.4, 0.5) is 5.69 Å². The van der Waals surface area contributed by atoms with Crippen molar-refractivity contribution in [3.05, 3.63) is 36.5 Å². The summed E-state index contributed by atoms with van der Waals surface area (Å²) in [6, 6.07) is 6.70. The van der Waals surface area contributed by atoms with Gasteiger partial charge in [-0.3, -0.25) is 4.79 Å². The van der Waals surface area contributed by atoms with Gasteiger partial charge in [0.2, 0.25) is 0 Å². The first-order valence-electron chi connectivity index (χ1n) is 6.46. The lowest BCUT2D eigenvalue weighted by atomic mass is 10.0. The Morgan fingerprint density at radius 2 is 2.15 bits per heavy atom. The third-order valence-corrected chi connectivity index (χ3v) is 3.07. The minimum absolute atomic E-state index is 0.0887. The van der Waals surface area contributed by atoms with E-state index in [1.165, 1.54) is 6.08 Å². The maximum Gasteiger partial charge on any atom is 0.329 e. The van der Waals surface area contributed by atoms with Gasteiger partial charge in [0, 0.05) is 12.6 Å². The molecular formula is C15H17NO4. The highest BCUT2D eigenvalue weighted by Gasteiger charge is 2.32. The van der Waals surface area contributed by atoms with Crippen LogP contribution in [-0.2, 0) is 14.3 Å². The van der Waals surface area contributed by atoms with Gasteiger partial charge in [-0.05, 0) is 25.1 Å². The minimum Gasteiger partial charge on any atom is -0.495 e. The fourth-order valence-electron chi connectivity index (χ4n) is 2.15. The molecule has 0 saturated heterocycles. The fourth-order valence-corrected chi connectivity index (χ4v) is 2.15. The van der Waals surface area contributed by atoms with Gasteiger partial charge in [0.15, 0.2) is 5.78 Å². The normalized spacial score (nSPS) is 18.0. The van der Waals surface area contributed by atoms with Crippen LogP contribution < -0.4 is 9.64 Å². The zero-order valence-electron chi connectivity index (χ0n) is 11.5. The average molecular weight is 275 g/mol. The van der Waals surface area contributed by atoms with Crippen molar-refractivity contribution < 1.29 is 19.1 Å². The Balaban J connectivity index is 2.37. The molecular weight excluding hydrogens is 258 g/mol. The maximum absolute atomic E-state index is 12.0. The molecule has 1 heterocycles. The summed E-state index contributed by atoms with van der Waals surface area (Å²) in [5, 5.41) is 0.